The lowest BCUT2D eigenvalue weighted by Gasteiger charge is -2.36. The lowest BCUT2D eigenvalue weighted by Crippen LogP contribution is -2.42. The first kappa shape index (κ1) is 15.1. The molecule has 0 aromatic carbocycles. The average Bonchev–Trinajstić information content (AvgIpc) is 3.19. The van der Waals surface area contributed by atoms with Gasteiger partial charge in [-0.25, -0.2) is 4.98 Å². The normalized spacial score (nSPS) is 28.5. The molecule has 0 unspecified atom stereocenters. The molecule has 1 aromatic heterocycles. The molecule has 3 fully saturated rings. The summed E-state index contributed by atoms with van der Waals surface area (Å²) in [7, 11) is 0. The summed E-state index contributed by atoms with van der Waals surface area (Å²) in [4.78, 5) is 33.8. The van der Waals surface area contributed by atoms with E-state index in [1.165, 1.54) is 0 Å². The van der Waals surface area contributed by atoms with E-state index in [9.17, 15) is 9.59 Å². The minimum Gasteiger partial charge on any atom is -0.339 e. The van der Waals surface area contributed by atoms with E-state index in [-0.39, 0.29) is 23.8 Å². The second-order valence-electron chi connectivity index (χ2n) is 7.05. The molecule has 0 N–H and O–H groups in total. The highest BCUT2D eigenvalue weighted by molar-refractivity contribution is 7.09. The van der Waals surface area contributed by atoms with Gasteiger partial charge in [0.15, 0.2) is 0 Å². The Kier molecular flexibility index (Phi) is 3.87. The van der Waals surface area contributed by atoms with Gasteiger partial charge in [0.05, 0.1) is 12.0 Å². The number of aromatic nitrogens is 1. The number of aryl methyl sites for hydroxylation is 1. The van der Waals surface area contributed by atoms with Gasteiger partial charge < -0.3 is 9.80 Å². The molecule has 6 heteroatoms. The molecule has 2 amide bonds. The number of nitrogens with zero attached hydrogens (tertiary/aromatic N) is 3. The van der Waals surface area contributed by atoms with Crippen LogP contribution in [0, 0.1) is 12.8 Å². The number of piperidine rings is 1. The maximum Gasteiger partial charge on any atom is 0.228 e. The Bertz CT molecular complexity index is 625. The van der Waals surface area contributed by atoms with Crippen LogP contribution >= 0.6 is 11.3 Å². The summed E-state index contributed by atoms with van der Waals surface area (Å²) in [6.45, 7) is 3.43. The van der Waals surface area contributed by atoms with Crippen molar-refractivity contribution in [2.24, 2.45) is 5.92 Å². The first-order valence-corrected chi connectivity index (χ1v) is 9.53. The highest BCUT2D eigenvalue weighted by Crippen LogP contribution is 2.37. The van der Waals surface area contributed by atoms with Crippen molar-refractivity contribution in [2.75, 3.05) is 13.1 Å². The van der Waals surface area contributed by atoms with Crippen molar-refractivity contribution in [1.82, 2.24) is 14.8 Å². The van der Waals surface area contributed by atoms with Crippen molar-refractivity contribution >= 4 is 23.2 Å². The zero-order valence-corrected chi connectivity index (χ0v) is 14.3. The van der Waals surface area contributed by atoms with Crippen molar-refractivity contribution in [2.45, 2.75) is 57.5 Å². The van der Waals surface area contributed by atoms with Gasteiger partial charge in [-0.3, -0.25) is 9.59 Å². The van der Waals surface area contributed by atoms with Gasteiger partial charge >= 0.3 is 0 Å². The summed E-state index contributed by atoms with van der Waals surface area (Å²) < 4.78 is 0. The van der Waals surface area contributed by atoms with Gasteiger partial charge in [0.2, 0.25) is 11.8 Å². The van der Waals surface area contributed by atoms with Crippen molar-refractivity contribution in [3.8, 4) is 0 Å². The molecule has 2 saturated heterocycles. The predicted molar refractivity (Wildman–Crippen MR) is 88.0 cm³/mol. The molecule has 5 nitrogen and oxygen atoms in total. The summed E-state index contributed by atoms with van der Waals surface area (Å²) in [5.41, 5.74) is 1.03. The zero-order valence-electron chi connectivity index (χ0n) is 13.5. The molecule has 1 aliphatic carbocycles. The van der Waals surface area contributed by atoms with Crippen LogP contribution in [0.4, 0.5) is 0 Å². The Morgan fingerprint density at radius 3 is 2.83 bits per heavy atom. The van der Waals surface area contributed by atoms with Crippen LogP contribution in [0.5, 0.6) is 0 Å². The van der Waals surface area contributed by atoms with Crippen LogP contribution in [-0.4, -0.2) is 45.7 Å². The smallest absolute Gasteiger partial charge is 0.228 e. The maximum atomic E-state index is 13.0. The molecule has 1 saturated carbocycles. The van der Waals surface area contributed by atoms with Gasteiger partial charge in [0.25, 0.3) is 0 Å². The predicted octanol–water partition coefficient (Wildman–Crippen LogP) is 2.52. The summed E-state index contributed by atoms with van der Waals surface area (Å²) in [5.74, 6) is 0.188. The average molecular weight is 333 g/mol. The molecule has 4 rings (SSSR count). The van der Waals surface area contributed by atoms with E-state index in [0.29, 0.717) is 19.0 Å². The van der Waals surface area contributed by atoms with Gasteiger partial charge in [0, 0.05) is 36.6 Å². The van der Waals surface area contributed by atoms with Crippen LogP contribution in [0.2, 0.25) is 0 Å². The minimum absolute atomic E-state index is 0.111. The second-order valence-corrected chi connectivity index (χ2v) is 7.94. The highest BCUT2D eigenvalue weighted by atomic mass is 32.1. The zero-order chi connectivity index (χ0) is 16.0. The van der Waals surface area contributed by atoms with Crippen molar-refractivity contribution < 1.29 is 9.59 Å². The largest absolute Gasteiger partial charge is 0.339 e. The molecule has 0 bridgehead atoms. The number of carbonyl (C=O) groups is 2. The molecule has 2 atom stereocenters. The van der Waals surface area contributed by atoms with Crippen LogP contribution in [0.1, 0.15) is 55.3 Å². The summed E-state index contributed by atoms with van der Waals surface area (Å²) in [6.07, 6.45) is 5.81. The van der Waals surface area contributed by atoms with Crippen LogP contribution in [0.25, 0.3) is 0 Å². The highest BCUT2D eigenvalue weighted by Gasteiger charge is 2.44. The lowest BCUT2D eigenvalue weighted by molar-refractivity contribution is -0.139. The summed E-state index contributed by atoms with van der Waals surface area (Å²) >= 11 is 1.65. The summed E-state index contributed by atoms with van der Waals surface area (Å²) in [6, 6.07) is 0.527. The number of carbonyl (C=O) groups excluding carboxylic acids is 2. The number of likely N-dealkylation sites (tertiary alicyclic amines) is 2. The molecule has 2 aliphatic heterocycles. The molecule has 3 aliphatic rings. The molecule has 0 radical (unpaired) electrons. The number of rotatable bonds is 3. The molecule has 124 valence electrons. The minimum atomic E-state index is -0.148. The van der Waals surface area contributed by atoms with Crippen LogP contribution in [-0.2, 0) is 9.59 Å². The number of amides is 2. The fraction of sp³-hybridized carbons (Fsp3) is 0.706. The Morgan fingerprint density at radius 2 is 2.13 bits per heavy atom. The first-order valence-electron chi connectivity index (χ1n) is 8.65. The quantitative estimate of drug-likeness (QED) is 0.854. The number of thiazole rings is 1. The fourth-order valence-electron chi connectivity index (χ4n) is 3.85. The first-order chi connectivity index (χ1) is 11.1. The van der Waals surface area contributed by atoms with E-state index < -0.39 is 0 Å². The van der Waals surface area contributed by atoms with Crippen LogP contribution in [0.3, 0.4) is 0 Å². The van der Waals surface area contributed by atoms with Crippen LogP contribution < -0.4 is 0 Å². The summed E-state index contributed by atoms with van der Waals surface area (Å²) in [5, 5.41) is 3.11. The van der Waals surface area contributed by atoms with Gasteiger partial charge in [0.1, 0.15) is 5.01 Å². The van der Waals surface area contributed by atoms with Gasteiger partial charge in [-0.2, -0.15) is 0 Å². The fourth-order valence-corrected chi connectivity index (χ4v) is 4.79. The van der Waals surface area contributed by atoms with E-state index in [4.69, 9.17) is 0 Å². The topological polar surface area (TPSA) is 53.5 Å². The third-order valence-electron chi connectivity index (χ3n) is 5.20. The standard InChI is InChI=1S/C17H23N3O2S/c1-11-10-23-16(18-11)14-4-2-3-7-19(14)17(22)12-8-15(21)20(9-12)13-5-6-13/h10,12-14H,2-9H2,1H3/t12-,14-/m0/s1. The van der Waals surface area contributed by atoms with Gasteiger partial charge in [-0.15, -0.1) is 11.3 Å². The van der Waals surface area contributed by atoms with E-state index in [2.05, 4.69) is 10.4 Å². The Labute approximate surface area is 140 Å². The molecule has 23 heavy (non-hydrogen) atoms. The van der Waals surface area contributed by atoms with E-state index in [1.54, 1.807) is 11.3 Å². The Morgan fingerprint density at radius 1 is 1.30 bits per heavy atom. The molecular weight excluding hydrogens is 310 g/mol. The number of hydrogen-bond donors (Lipinski definition) is 0. The molecule has 3 heterocycles. The van der Waals surface area contributed by atoms with Crippen molar-refractivity contribution in [3.63, 3.8) is 0 Å². The van der Waals surface area contributed by atoms with Crippen LogP contribution in [0.15, 0.2) is 5.38 Å². The molecule has 1 aromatic rings. The third-order valence-corrected chi connectivity index (χ3v) is 6.27. The van der Waals surface area contributed by atoms with Crippen molar-refractivity contribution in [3.05, 3.63) is 16.1 Å². The Balaban J connectivity index is 1.50. The van der Waals surface area contributed by atoms with E-state index >= 15 is 0 Å². The molecule has 0 spiro atoms. The third kappa shape index (κ3) is 2.89. The second kappa shape index (κ2) is 5.89. The Hall–Kier alpha value is -1.43. The SMILES string of the molecule is Cc1csc([C@@H]2CCCCN2C(=O)[C@H]2CC(=O)N(C3CC3)C2)n1. The van der Waals surface area contributed by atoms with Crippen molar-refractivity contribution in [1.29, 1.82) is 0 Å². The van der Waals surface area contributed by atoms with Gasteiger partial charge in [-0.1, -0.05) is 0 Å². The van der Waals surface area contributed by atoms with E-state index in [1.807, 2.05) is 16.7 Å². The number of hydrogen-bond acceptors (Lipinski definition) is 4. The van der Waals surface area contributed by atoms with Gasteiger partial charge in [-0.05, 0) is 39.0 Å². The van der Waals surface area contributed by atoms with E-state index in [0.717, 1.165) is 49.4 Å². The maximum absolute atomic E-state index is 13.0. The lowest BCUT2D eigenvalue weighted by atomic mass is 9.99. The molecular formula is C17H23N3O2S. The monoisotopic (exact) mass is 333 g/mol.